The van der Waals surface area contributed by atoms with E-state index in [1.54, 1.807) is 4.90 Å². The lowest BCUT2D eigenvalue weighted by molar-refractivity contribution is -0.146. The molecule has 1 saturated carbocycles. The monoisotopic (exact) mass is 563 g/mol. The molecule has 0 aromatic heterocycles. The molecule has 11 heteroatoms. The Morgan fingerprint density at radius 1 is 1.10 bits per heavy atom. The molecule has 3 aliphatic rings. The highest BCUT2D eigenvalue weighted by Gasteiger charge is 2.70. The molecule has 3 fully saturated rings. The summed E-state index contributed by atoms with van der Waals surface area (Å²) in [7, 11) is 1.39. The maximum atomic E-state index is 14.0. The number of hydrogen-bond donors (Lipinski definition) is 5. The van der Waals surface area contributed by atoms with E-state index < -0.39 is 47.4 Å². The van der Waals surface area contributed by atoms with E-state index in [1.165, 1.54) is 7.05 Å². The number of nitrogens with zero attached hydrogens (tertiary/aromatic N) is 1. The number of rotatable bonds is 9. The Morgan fingerprint density at radius 2 is 1.73 bits per heavy atom. The fourth-order valence-electron chi connectivity index (χ4n) is 6.36. The molecule has 7 atom stereocenters. The lowest BCUT2D eigenvalue weighted by Crippen LogP contribution is -2.61. The summed E-state index contributed by atoms with van der Waals surface area (Å²) < 4.78 is 0. The van der Waals surface area contributed by atoms with Crippen molar-refractivity contribution in [2.24, 2.45) is 34.0 Å². The van der Waals surface area contributed by atoms with Crippen LogP contribution in [0.25, 0.3) is 0 Å². The molecule has 0 bridgehead atoms. The molecule has 1 unspecified atom stereocenters. The molecule has 1 aliphatic carbocycles. The average molecular weight is 564 g/mol. The minimum Gasteiger partial charge on any atom is -0.381 e. The SMILES string of the molecule is CNC(=O)C(O)[C@H](C[C@@H]1CCNC1=O)NC(=O)[C@@H]1[C@@H]2[C@H](CN1C(=O)[C@@H](NC(=O)CC(C)(C)C)C(C)(C)C)C2(C)C. The van der Waals surface area contributed by atoms with Crippen LogP contribution in [0, 0.1) is 34.0 Å². The van der Waals surface area contributed by atoms with Crippen molar-refractivity contribution >= 4 is 29.5 Å². The van der Waals surface area contributed by atoms with Crippen LogP contribution in [0.5, 0.6) is 0 Å². The molecule has 0 radical (unpaired) electrons. The van der Waals surface area contributed by atoms with Gasteiger partial charge in [0.15, 0.2) is 6.10 Å². The van der Waals surface area contributed by atoms with E-state index in [9.17, 15) is 29.1 Å². The second-order valence-electron chi connectivity index (χ2n) is 14.7. The smallest absolute Gasteiger partial charge is 0.250 e. The molecule has 40 heavy (non-hydrogen) atoms. The highest BCUT2D eigenvalue weighted by atomic mass is 16.3. The summed E-state index contributed by atoms with van der Waals surface area (Å²) >= 11 is 0. The van der Waals surface area contributed by atoms with E-state index in [2.05, 4.69) is 35.1 Å². The number of carbonyl (C=O) groups is 5. The highest BCUT2D eigenvalue weighted by Crippen LogP contribution is 2.65. The molecule has 0 aromatic rings. The van der Waals surface area contributed by atoms with Gasteiger partial charge in [0.05, 0.1) is 6.04 Å². The largest absolute Gasteiger partial charge is 0.381 e. The topological polar surface area (TPSA) is 157 Å². The van der Waals surface area contributed by atoms with E-state index >= 15 is 0 Å². The first-order chi connectivity index (χ1) is 18.3. The van der Waals surface area contributed by atoms with Crippen LogP contribution in [0.3, 0.4) is 0 Å². The lowest BCUT2D eigenvalue weighted by atomic mass is 9.84. The highest BCUT2D eigenvalue weighted by molar-refractivity contribution is 5.94. The summed E-state index contributed by atoms with van der Waals surface area (Å²) in [5, 5.41) is 21.7. The number of likely N-dealkylation sites (tertiary alicyclic amines) is 1. The molecular formula is C29H49N5O6. The number of hydrogen-bond acceptors (Lipinski definition) is 6. The molecule has 5 amide bonds. The Kier molecular flexibility index (Phi) is 8.99. The van der Waals surface area contributed by atoms with E-state index in [0.717, 1.165) is 0 Å². The normalized spacial score (nSPS) is 27.6. The molecule has 0 aromatic carbocycles. The quantitative estimate of drug-likeness (QED) is 0.276. The van der Waals surface area contributed by atoms with Crippen LogP contribution in [0.4, 0.5) is 0 Å². The third kappa shape index (κ3) is 6.78. The maximum Gasteiger partial charge on any atom is 0.250 e. The van der Waals surface area contributed by atoms with Gasteiger partial charge < -0.3 is 31.3 Å². The van der Waals surface area contributed by atoms with Crippen LogP contribution in [0.1, 0.15) is 74.7 Å². The van der Waals surface area contributed by atoms with E-state index in [1.807, 2.05) is 41.5 Å². The lowest BCUT2D eigenvalue weighted by Gasteiger charge is -2.38. The molecule has 2 heterocycles. The van der Waals surface area contributed by atoms with Crippen LogP contribution in [0.15, 0.2) is 0 Å². The van der Waals surface area contributed by atoms with E-state index in [0.29, 0.717) is 19.5 Å². The van der Waals surface area contributed by atoms with Gasteiger partial charge in [-0.25, -0.2) is 0 Å². The van der Waals surface area contributed by atoms with Gasteiger partial charge in [-0.2, -0.15) is 0 Å². The first kappa shape index (κ1) is 31.8. The number of piperidine rings is 1. The van der Waals surface area contributed by atoms with Gasteiger partial charge in [-0.05, 0) is 40.9 Å². The summed E-state index contributed by atoms with van der Waals surface area (Å²) in [5.41, 5.74) is -1.03. The second-order valence-corrected chi connectivity index (χ2v) is 14.7. The van der Waals surface area contributed by atoms with Crippen molar-refractivity contribution in [3.05, 3.63) is 0 Å². The van der Waals surface area contributed by atoms with Crippen molar-refractivity contribution in [1.82, 2.24) is 26.2 Å². The summed E-state index contributed by atoms with van der Waals surface area (Å²) in [6.45, 7) is 16.5. The van der Waals surface area contributed by atoms with Crippen LogP contribution >= 0.6 is 0 Å². The average Bonchev–Trinajstić information content (AvgIpc) is 3.18. The van der Waals surface area contributed by atoms with Crippen molar-refractivity contribution in [2.45, 2.75) is 98.9 Å². The zero-order chi connectivity index (χ0) is 30.4. The fraction of sp³-hybridized carbons (Fsp3) is 0.828. The molecule has 226 valence electrons. The number of carbonyl (C=O) groups excluding carboxylic acids is 5. The van der Waals surface area contributed by atoms with Crippen LogP contribution in [-0.2, 0) is 24.0 Å². The molecule has 2 saturated heterocycles. The Morgan fingerprint density at radius 3 is 2.23 bits per heavy atom. The van der Waals surface area contributed by atoms with Crippen molar-refractivity contribution in [1.29, 1.82) is 0 Å². The fourth-order valence-corrected chi connectivity index (χ4v) is 6.36. The van der Waals surface area contributed by atoms with Crippen molar-refractivity contribution < 1.29 is 29.1 Å². The predicted octanol–water partition coefficient (Wildman–Crippen LogP) is 0.554. The molecular weight excluding hydrogens is 514 g/mol. The minimum atomic E-state index is -1.56. The molecule has 0 spiro atoms. The second kappa shape index (κ2) is 11.3. The maximum absolute atomic E-state index is 14.0. The first-order valence-electron chi connectivity index (χ1n) is 14.4. The van der Waals surface area contributed by atoms with Crippen molar-refractivity contribution in [2.75, 3.05) is 20.1 Å². The molecule has 11 nitrogen and oxygen atoms in total. The third-order valence-electron chi connectivity index (χ3n) is 8.79. The van der Waals surface area contributed by atoms with Crippen molar-refractivity contribution in [3.8, 4) is 0 Å². The van der Waals surface area contributed by atoms with Gasteiger partial charge >= 0.3 is 0 Å². The van der Waals surface area contributed by atoms with Crippen LogP contribution in [0.2, 0.25) is 0 Å². The number of aliphatic hydroxyl groups excluding tert-OH is 1. The zero-order valence-corrected chi connectivity index (χ0v) is 25.5. The Balaban J connectivity index is 1.86. The first-order valence-corrected chi connectivity index (χ1v) is 14.4. The number of nitrogens with one attached hydrogen (secondary N) is 4. The van der Waals surface area contributed by atoms with Gasteiger partial charge in [0.2, 0.25) is 23.6 Å². The van der Waals surface area contributed by atoms with Crippen LogP contribution in [-0.4, -0.2) is 83.9 Å². The van der Waals surface area contributed by atoms with E-state index in [-0.39, 0.29) is 53.2 Å². The number of fused-ring (bicyclic) bond motifs is 1. The predicted molar refractivity (Wildman–Crippen MR) is 149 cm³/mol. The number of amides is 5. The third-order valence-corrected chi connectivity index (χ3v) is 8.79. The summed E-state index contributed by atoms with van der Waals surface area (Å²) in [5.74, 6) is -2.29. The van der Waals surface area contributed by atoms with Gasteiger partial charge in [0.25, 0.3) is 5.91 Å². The van der Waals surface area contributed by atoms with Crippen molar-refractivity contribution in [3.63, 3.8) is 0 Å². The molecule has 2 aliphatic heterocycles. The van der Waals surface area contributed by atoms with Gasteiger partial charge in [-0.1, -0.05) is 55.4 Å². The summed E-state index contributed by atoms with van der Waals surface area (Å²) in [6, 6.07) is -2.68. The number of aliphatic hydroxyl groups is 1. The van der Waals surface area contributed by atoms with Gasteiger partial charge in [0.1, 0.15) is 12.1 Å². The minimum absolute atomic E-state index is 0.0950. The van der Waals surface area contributed by atoms with E-state index in [4.69, 9.17) is 0 Å². The summed E-state index contributed by atoms with van der Waals surface area (Å²) in [6.07, 6.45) is -0.672. The Hall–Kier alpha value is -2.69. The standard InChI is InChI=1S/C29H49N5O6/c1-27(2,3)13-18(35)33-22(28(4,5)6)26(40)34-14-16-19(29(16,7)8)20(34)24(38)32-17(21(36)25(39)30-9)12-15-10-11-31-23(15)37/h15-17,19-22,36H,10-14H2,1-9H3,(H,30,39)(H,31,37)(H,32,38)(H,33,35)/t15-,16-,17-,19-,20-,21?,22+/m0/s1. The Labute approximate surface area is 238 Å². The molecule has 3 rings (SSSR count). The zero-order valence-electron chi connectivity index (χ0n) is 25.5. The van der Waals surface area contributed by atoms with Crippen LogP contribution < -0.4 is 21.3 Å². The Bertz CT molecular complexity index is 1030. The molecule has 5 N–H and O–H groups in total. The summed E-state index contributed by atoms with van der Waals surface area (Å²) in [4.78, 5) is 67.0. The van der Waals surface area contributed by atoms with Gasteiger partial charge in [0, 0.05) is 32.5 Å². The number of likely N-dealkylation sites (N-methyl/N-ethyl adjacent to an activating group) is 1. The van der Waals surface area contributed by atoms with Gasteiger partial charge in [-0.3, -0.25) is 24.0 Å². The van der Waals surface area contributed by atoms with Gasteiger partial charge in [-0.15, -0.1) is 0 Å².